The molecule has 2 aliphatic rings. The van der Waals surface area contributed by atoms with Crippen molar-refractivity contribution in [3.8, 4) is 22.8 Å². The molecule has 0 unspecified atom stereocenters. The number of carbonyl (C=O) groups excluding carboxylic acids is 4. The molecule has 0 radical (unpaired) electrons. The van der Waals surface area contributed by atoms with Gasteiger partial charge in [-0.1, -0.05) is 71.7 Å². The molecule has 1 N–H and O–H groups in total. The molecule has 2 saturated heterocycles. The highest BCUT2D eigenvalue weighted by Crippen LogP contribution is 2.33. The molecule has 4 atom stereocenters. The molecule has 5 aromatic rings. The fourth-order valence-corrected chi connectivity index (χ4v) is 9.76. The number of methoxy groups -OCH3 is 1. The second-order valence-electron chi connectivity index (χ2n) is 19.2. The van der Waals surface area contributed by atoms with Crippen LogP contribution in [0.4, 0.5) is 0 Å². The van der Waals surface area contributed by atoms with Crippen LogP contribution in [-0.2, 0) is 56.9 Å². The van der Waals surface area contributed by atoms with Gasteiger partial charge in [-0.15, -0.1) is 0 Å². The second kappa shape index (κ2) is 25.1. The van der Waals surface area contributed by atoms with Crippen molar-refractivity contribution in [1.82, 2.24) is 39.4 Å². The summed E-state index contributed by atoms with van der Waals surface area (Å²) < 4.78 is 14.2. The van der Waals surface area contributed by atoms with Gasteiger partial charge in [0.1, 0.15) is 29.4 Å². The number of imidazole rings is 1. The van der Waals surface area contributed by atoms with Crippen LogP contribution in [0, 0.1) is 5.92 Å². The molecule has 4 amide bonds. The number of ether oxygens (including phenoxy) is 2. The molecule has 4 aromatic carbocycles. The van der Waals surface area contributed by atoms with Gasteiger partial charge in [-0.25, -0.2) is 4.98 Å². The van der Waals surface area contributed by atoms with Crippen molar-refractivity contribution in [2.24, 2.45) is 13.0 Å². The maximum atomic E-state index is 15.3. The molecule has 16 heteroatoms. The number of halogens is 2. The average Bonchev–Trinajstić information content (AvgIpc) is 4.01. The Bertz CT molecular complexity index is 2570. The Morgan fingerprint density at radius 1 is 0.817 bits per heavy atom. The summed E-state index contributed by atoms with van der Waals surface area (Å²) in [6.07, 6.45) is 5.48. The minimum atomic E-state index is -1.10. The van der Waals surface area contributed by atoms with E-state index in [1.54, 1.807) is 49.2 Å². The first-order chi connectivity index (χ1) is 34.2. The van der Waals surface area contributed by atoms with Crippen LogP contribution in [0.2, 0.25) is 10.0 Å². The predicted molar refractivity (Wildman–Crippen MR) is 278 cm³/mol. The van der Waals surface area contributed by atoms with E-state index in [0.717, 1.165) is 54.4 Å². The third kappa shape index (κ3) is 14.2. The van der Waals surface area contributed by atoms with Gasteiger partial charge in [0.05, 0.1) is 43.5 Å². The highest BCUT2D eigenvalue weighted by Gasteiger charge is 2.38. The lowest BCUT2D eigenvalue weighted by Gasteiger charge is -2.38. The van der Waals surface area contributed by atoms with E-state index in [1.165, 1.54) is 24.9 Å². The van der Waals surface area contributed by atoms with Gasteiger partial charge in [0.15, 0.2) is 0 Å². The monoisotopic (exact) mass is 1010 g/mol. The number of amides is 4. The Morgan fingerprint density at radius 2 is 1.51 bits per heavy atom. The number of likely N-dealkylation sites (N-methyl/N-ethyl adjacent to an activating group) is 1. The van der Waals surface area contributed by atoms with Crippen molar-refractivity contribution in [2.45, 2.75) is 76.7 Å². The topological polar surface area (TPSA) is 133 Å². The van der Waals surface area contributed by atoms with Gasteiger partial charge in [-0.05, 0) is 132 Å². The summed E-state index contributed by atoms with van der Waals surface area (Å²) in [6.45, 7) is 5.71. The largest absolute Gasteiger partial charge is 0.457 e. The first-order valence-corrected chi connectivity index (χ1v) is 25.3. The molecule has 0 bridgehead atoms. The zero-order valence-electron chi connectivity index (χ0n) is 41.9. The molecule has 2 fully saturated rings. The number of nitrogens with one attached hydrogen (secondary N) is 1. The van der Waals surface area contributed by atoms with Crippen molar-refractivity contribution >= 4 is 46.8 Å². The molecule has 0 aliphatic carbocycles. The van der Waals surface area contributed by atoms with Gasteiger partial charge < -0.3 is 39.0 Å². The summed E-state index contributed by atoms with van der Waals surface area (Å²) in [4.78, 5) is 73.8. The summed E-state index contributed by atoms with van der Waals surface area (Å²) >= 11 is 12.9. The number of rotatable bonds is 17. The Morgan fingerprint density at radius 3 is 2.20 bits per heavy atom. The SMILES string of the molecule is COC[C@@H]1NC(=O)[C@H](C)N(Cc2ccc(Cl)cc2Oc2ccc(-c3cnc(CN4CCCC4)n3C)cc2)C(=O)C[C@@H](Cc2ccccc2)C(=O)N(CCCN(C)C)C[C@@H](Cc2ccc(Cl)cc2)N(C)C1=O. The smallest absolute Gasteiger partial charge is 0.247 e. The van der Waals surface area contributed by atoms with Gasteiger partial charge in [-0.3, -0.25) is 24.1 Å². The lowest BCUT2D eigenvalue weighted by Crippen LogP contribution is -2.59. The molecule has 3 heterocycles. The summed E-state index contributed by atoms with van der Waals surface area (Å²) in [5, 5.41) is 3.94. The number of aromatic nitrogens is 2. The van der Waals surface area contributed by atoms with Crippen LogP contribution in [0.15, 0.2) is 103 Å². The van der Waals surface area contributed by atoms with Crippen LogP contribution in [0.3, 0.4) is 0 Å². The number of hydrogen-bond donors (Lipinski definition) is 1. The zero-order valence-corrected chi connectivity index (χ0v) is 43.4. The number of nitrogens with zero attached hydrogens (tertiary/aromatic N) is 7. The van der Waals surface area contributed by atoms with Crippen molar-refractivity contribution < 1.29 is 28.7 Å². The van der Waals surface area contributed by atoms with Crippen LogP contribution in [-0.4, -0.2) is 143 Å². The molecule has 378 valence electrons. The Labute approximate surface area is 428 Å². The predicted octanol–water partition coefficient (Wildman–Crippen LogP) is 7.74. The Hall–Kier alpha value is -5.77. The fraction of sp³-hybridized carbons (Fsp3) is 0.436. The summed E-state index contributed by atoms with van der Waals surface area (Å²) in [7, 11) is 9.18. The van der Waals surface area contributed by atoms with Crippen LogP contribution < -0.4 is 10.1 Å². The van der Waals surface area contributed by atoms with Crippen molar-refractivity contribution in [2.75, 3.05) is 67.6 Å². The van der Waals surface area contributed by atoms with Crippen molar-refractivity contribution in [1.29, 1.82) is 0 Å². The Balaban J connectivity index is 1.22. The van der Waals surface area contributed by atoms with Crippen molar-refractivity contribution in [3.05, 3.63) is 136 Å². The van der Waals surface area contributed by atoms with Gasteiger partial charge in [0.25, 0.3) is 0 Å². The molecule has 7 rings (SSSR count). The maximum absolute atomic E-state index is 15.3. The van der Waals surface area contributed by atoms with Crippen LogP contribution in [0.25, 0.3) is 11.3 Å². The summed E-state index contributed by atoms with van der Waals surface area (Å²) in [6, 6.07) is 27.2. The van der Waals surface area contributed by atoms with E-state index in [2.05, 4.69) is 19.7 Å². The van der Waals surface area contributed by atoms with Gasteiger partial charge in [0, 0.05) is 61.9 Å². The molecule has 2 aliphatic heterocycles. The van der Waals surface area contributed by atoms with E-state index in [1.807, 2.05) is 99.0 Å². The minimum absolute atomic E-state index is 0.0718. The third-order valence-corrected chi connectivity index (χ3v) is 14.1. The number of likely N-dealkylation sites (tertiary alicyclic amines) is 1. The van der Waals surface area contributed by atoms with E-state index in [9.17, 15) is 9.59 Å². The van der Waals surface area contributed by atoms with E-state index < -0.39 is 41.8 Å². The quantitative estimate of drug-likeness (QED) is 0.0994. The number of hydrogen-bond acceptors (Lipinski definition) is 9. The Kier molecular flexibility index (Phi) is 18.7. The lowest BCUT2D eigenvalue weighted by molar-refractivity contribution is -0.148. The molecule has 71 heavy (non-hydrogen) atoms. The average molecular weight is 1010 g/mol. The van der Waals surface area contributed by atoms with Crippen molar-refractivity contribution in [3.63, 3.8) is 0 Å². The van der Waals surface area contributed by atoms with E-state index in [4.69, 9.17) is 37.7 Å². The molecular weight excluding hydrogens is 940 g/mol. The van der Waals surface area contributed by atoms with Gasteiger partial charge in [0.2, 0.25) is 23.6 Å². The van der Waals surface area contributed by atoms with Crippen LogP contribution in [0.5, 0.6) is 11.5 Å². The lowest BCUT2D eigenvalue weighted by atomic mass is 9.92. The second-order valence-corrected chi connectivity index (χ2v) is 20.0. The van der Waals surface area contributed by atoms with E-state index in [-0.39, 0.29) is 38.4 Å². The molecule has 1 aromatic heterocycles. The van der Waals surface area contributed by atoms with Gasteiger partial charge in [-0.2, -0.15) is 0 Å². The highest BCUT2D eigenvalue weighted by atomic mass is 35.5. The standard InChI is InChI=1S/C55H68Cl2N8O6/c1-38-53(67)59-48(37-70-6)55(69)61(4)46(30-40-15-20-44(56)21-16-40)35-64(28-12-25-60(2)3)54(68)43(29-39-13-8-7-9-14-39)31-52(66)65(38)34-42-17-22-45(57)32-50(42)71-47-23-18-41(19-24-47)49-33-58-51(62(49)5)36-63-26-10-11-27-63/h7-9,13-24,32-33,38,43,46,48H,10-12,25-31,34-37H2,1-6H3,(H,59,67)/t38-,43+,46+,48-/m0/s1. The molecule has 0 saturated carbocycles. The van der Waals surface area contributed by atoms with Crippen LogP contribution in [0.1, 0.15) is 55.1 Å². The first kappa shape index (κ1) is 53.0. The molecule has 14 nitrogen and oxygen atoms in total. The number of carbonyl (C=O) groups is 4. The maximum Gasteiger partial charge on any atom is 0.247 e. The highest BCUT2D eigenvalue weighted by molar-refractivity contribution is 6.31. The fourth-order valence-electron chi connectivity index (χ4n) is 9.48. The van der Waals surface area contributed by atoms with Gasteiger partial charge >= 0.3 is 0 Å². The van der Waals surface area contributed by atoms with E-state index in [0.29, 0.717) is 46.5 Å². The normalized spacial score (nSPS) is 19.9. The third-order valence-electron chi connectivity index (χ3n) is 13.7. The van der Waals surface area contributed by atoms with Crippen LogP contribution >= 0.6 is 23.2 Å². The molecule has 0 spiro atoms. The minimum Gasteiger partial charge on any atom is -0.457 e. The van der Waals surface area contributed by atoms with E-state index >= 15 is 9.59 Å². The first-order valence-electron chi connectivity index (χ1n) is 24.5. The summed E-state index contributed by atoms with van der Waals surface area (Å²) in [5.74, 6) is -0.445. The zero-order chi connectivity index (χ0) is 50.6. The number of benzene rings is 4. The molecular formula is C55H68Cl2N8O6. The summed E-state index contributed by atoms with van der Waals surface area (Å²) in [5.41, 5.74) is 4.36.